The average molecular weight is 323 g/mol. The molecule has 3 heterocycles. The summed E-state index contributed by atoms with van der Waals surface area (Å²) in [6.45, 7) is 4.23. The Bertz CT molecular complexity index is 612. The van der Waals surface area contributed by atoms with Crippen LogP contribution in [0, 0.1) is 0 Å². The second-order valence-electron chi connectivity index (χ2n) is 6.41. The molecule has 1 unspecified atom stereocenters. The second kappa shape index (κ2) is 6.54. The molecule has 0 N–H and O–H groups in total. The van der Waals surface area contributed by atoms with E-state index < -0.39 is 9.84 Å². The van der Waals surface area contributed by atoms with Crippen molar-refractivity contribution in [3.8, 4) is 0 Å². The summed E-state index contributed by atoms with van der Waals surface area (Å²) in [6.07, 6.45) is 8.99. The van der Waals surface area contributed by atoms with Crippen LogP contribution in [-0.2, 0) is 9.84 Å². The Morgan fingerprint density at radius 1 is 1.09 bits per heavy atom. The molecule has 122 valence electrons. The molecule has 0 amide bonds. The van der Waals surface area contributed by atoms with E-state index in [2.05, 4.69) is 14.8 Å². The zero-order chi connectivity index (χ0) is 15.6. The first-order chi connectivity index (χ1) is 10.6. The van der Waals surface area contributed by atoms with E-state index in [9.17, 15) is 8.42 Å². The number of nitrogens with zero attached hydrogens (tertiary/aromatic N) is 3. The van der Waals surface area contributed by atoms with Gasteiger partial charge in [-0.2, -0.15) is 0 Å². The smallest absolute Gasteiger partial charge is 0.179 e. The fourth-order valence-corrected chi connectivity index (χ4v) is 4.51. The monoisotopic (exact) mass is 323 g/mol. The molecule has 1 aromatic heterocycles. The number of aromatic nitrogens is 1. The van der Waals surface area contributed by atoms with Crippen LogP contribution in [0.5, 0.6) is 0 Å². The Kier molecular flexibility index (Phi) is 4.68. The van der Waals surface area contributed by atoms with Crippen LogP contribution in [0.25, 0.3) is 0 Å². The molecule has 2 aliphatic heterocycles. The number of pyridine rings is 1. The number of anilines is 1. The molecule has 0 saturated carbocycles. The topological polar surface area (TPSA) is 53.5 Å². The number of rotatable bonds is 3. The molecular formula is C16H25N3O2S. The van der Waals surface area contributed by atoms with Crippen molar-refractivity contribution in [1.82, 2.24) is 9.88 Å². The summed E-state index contributed by atoms with van der Waals surface area (Å²) in [5, 5.41) is 0. The zero-order valence-corrected chi connectivity index (χ0v) is 14.1. The highest BCUT2D eigenvalue weighted by Gasteiger charge is 2.27. The molecule has 1 aromatic rings. The molecule has 2 saturated heterocycles. The van der Waals surface area contributed by atoms with Crippen molar-refractivity contribution in [2.24, 2.45) is 0 Å². The van der Waals surface area contributed by atoms with Gasteiger partial charge in [-0.3, -0.25) is 0 Å². The van der Waals surface area contributed by atoms with Gasteiger partial charge >= 0.3 is 0 Å². The van der Waals surface area contributed by atoms with Crippen LogP contribution in [0.1, 0.15) is 32.1 Å². The van der Waals surface area contributed by atoms with Crippen molar-refractivity contribution >= 4 is 15.7 Å². The van der Waals surface area contributed by atoms with Gasteiger partial charge in [0.05, 0.1) is 0 Å². The molecule has 1 atom stereocenters. The Morgan fingerprint density at radius 3 is 2.59 bits per heavy atom. The van der Waals surface area contributed by atoms with Crippen LogP contribution in [0.2, 0.25) is 0 Å². The minimum atomic E-state index is -3.24. The third kappa shape index (κ3) is 3.43. The van der Waals surface area contributed by atoms with Gasteiger partial charge in [-0.1, -0.05) is 0 Å². The second-order valence-corrected chi connectivity index (χ2v) is 8.40. The highest BCUT2D eigenvalue weighted by Crippen LogP contribution is 2.27. The van der Waals surface area contributed by atoms with E-state index in [1.807, 2.05) is 0 Å². The molecule has 0 spiro atoms. The predicted molar refractivity (Wildman–Crippen MR) is 88.0 cm³/mol. The fraction of sp³-hybridized carbons (Fsp3) is 0.688. The van der Waals surface area contributed by atoms with Gasteiger partial charge in [0.1, 0.15) is 10.7 Å². The minimum Gasteiger partial charge on any atom is -0.355 e. The highest BCUT2D eigenvalue weighted by atomic mass is 32.2. The first-order valence-corrected chi connectivity index (χ1v) is 10.1. The Labute approximate surface area is 133 Å². The fourth-order valence-electron chi connectivity index (χ4n) is 3.67. The third-order valence-corrected chi connectivity index (χ3v) is 5.92. The molecule has 0 aliphatic carbocycles. The third-order valence-electron chi connectivity index (χ3n) is 4.80. The van der Waals surface area contributed by atoms with E-state index in [-0.39, 0.29) is 0 Å². The molecule has 22 heavy (non-hydrogen) atoms. The minimum absolute atomic E-state index is 0.356. The molecule has 2 fully saturated rings. The first-order valence-electron chi connectivity index (χ1n) is 8.20. The number of hydrogen-bond donors (Lipinski definition) is 0. The van der Waals surface area contributed by atoms with E-state index in [0.29, 0.717) is 16.8 Å². The normalized spacial score (nSPS) is 24.4. The van der Waals surface area contributed by atoms with E-state index in [0.717, 1.165) is 25.9 Å². The standard InChI is InChI=1S/C16H25N3O2S/c1-22(20,21)15-7-4-9-17-16(15)19-12-5-6-14(8-13-19)18-10-2-3-11-18/h4,7,9,14H,2-3,5-6,8,10-13H2,1H3. The van der Waals surface area contributed by atoms with Crippen LogP contribution in [-0.4, -0.2) is 56.8 Å². The summed E-state index contributed by atoms with van der Waals surface area (Å²) in [7, 11) is -3.24. The average Bonchev–Trinajstić information content (AvgIpc) is 2.91. The van der Waals surface area contributed by atoms with Crippen LogP contribution < -0.4 is 4.90 Å². The SMILES string of the molecule is CS(=O)(=O)c1cccnc1N1CCCC(N2CCCC2)CC1. The molecule has 0 radical (unpaired) electrons. The molecule has 3 rings (SSSR count). The molecule has 2 aliphatic rings. The Morgan fingerprint density at radius 2 is 1.86 bits per heavy atom. The van der Waals surface area contributed by atoms with Crippen LogP contribution >= 0.6 is 0 Å². The van der Waals surface area contributed by atoms with Gasteiger partial charge in [0.2, 0.25) is 0 Å². The summed E-state index contributed by atoms with van der Waals surface area (Å²) >= 11 is 0. The van der Waals surface area contributed by atoms with Gasteiger partial charge in [-0.05, 0) is 57.3 Å². The number of hydrogen-bond acceptors (Lipinski definition) is 5. The summed E-state index contributed by atoms with van der Waals surface area (Å²) in [4.78, 5) is 9.49. The Hall–Kier alpha value is -1.14. The van der Waals surface area contributed by atoms with Crippen molar-refractivity contribution in [1.29, 1.82) is 0 Å². The maximum atomic E-state index is 12.0. The quantitative estimate of drug-likeness (QED) is 0.851. The molecule has 0 bridgehead atoms. The number of sulfone groups is 1. The van der Waals surface area contributed by atoms with Crippen molar-refractivity contribution in [2.75, 3.05) is 37.3 Å². The van der Waals surface area contributed by atoms with Crippen LogP contribution in [0.3, 0.4) is 0 Å². The summed E-state index contributed by atoms with van der Waals surface area (Å²) in [5.74, 6) is 0.632. The van der Waals surface area contributed by atoms with Crippen molar-refractivity contribution in [3.05, 3.63) is 18.3 Å². The van der Waals surface area contributed by atoms with Crippen LogP contribution in [0.15, 0.2) is 23.2 Å². The van der Waals surface area contributed by atoms with Gasteiger partial charge in [-0.25, -0.2) is 13.4 Å². The van der Waals surface area contributed by atoms with E-state index in [1.54, 1.807) is 18.3 Å². The first kappa shape index (κ1) is 15.7. The zero-order valence-electron chi connectivity index (χ0n) is 13.2. The van der Waals surface area contributed by atoms with E-state index >= 15 is 0 Å². The Balaban J connectivity index is 1.76. The lowest BCUT2D eigenvalue weighted by atomic mass is 10.1. The molecule has 0 aromatic carbocycles. The maximum absolute atomic E-state index is 12.0. The van der Waals surface area contributed by atoms with Gasteiger partial charge in [0.15, 0.2) is 9.84 Å². The lowest BCUT2D eigenvalue weighted by Crippen LogP contribution is -2.34. The van der Waals surface area contributed by atoms with Crippen molar-refractivity contribution in [3.63, 3.8) is 0 Å². The maximum Gasteiger partial charge on any atom is 0.179 e. The lowest BCUT2D eigenvalue weighted by molar-refractivity contribution is 0.225. The summed E-state index contributed by atoms with van der Waals surface area (Å²) < 4.78 is 24.0. The molecule has 6 heteroatoms. The van der Waals surface area contributed by atoms with E-state index in [1.165, 1.54) is 38.6 Å². The van der Waals surface area contributed by atoms with Gasteiger partial charge in [0, 0.05) is 31.6 Å². The highest BCUT2D eigenvalue weighted by molar-refractivity contribution is 7.90. The van der Waals surface area contributed by atoms with E-state index in [4.69, 9.17) is 0 Å². The van der Waals surface area contributed by atoms with Gasteiger partial charge < -0.3 is 9.80 Å². The largest absolute Gasteiger partial charge is 0.355 e. The van der Waals surface area contributed by atoms with Crippen molar-refractivity contribution in [2.45, 2.75) is 43.0 Å². The predicted octanol–water partition coefficient (Wildman–Crippen LogP) is 1.94. The lowest BCUT2D eigenvalue weighted by Gasteiger charge is -2.27. The van der Waals surface area contributed by atoms with Crippen molar-refractivity contribution < 1.29 is 8.42 Å². The molecule has 5 nitrogen and oxygen atoms in total. The van der Waals surface area contributed by atoms with Crippen LogP contribution in [0.4, 0.5) is 5.82 Å². The number of likely N-dealkylation sites (tertiary alicyclic amines) is 1. The summed E-state index contributed by atoms with van der Waals surface area (Å²) in [6, 6.07) is 4.02. The van der Waals surface area contributed by atoms with Gasteiger partial charge in [0.25, 0.3) is 0 Å². The molecular weight excluding hydrogens is 298 g/mol. The summed E-state index contributed by atoms with van der Waals surface area (Å²) in [5.41, 5.74) is 0. The van der Waals surface area contributed by atoms with Gasteiger partial charge in [-0.15, -0.1) is 0 Å².